The number of aliphatic hydroxyl groups excluding tert-OH is 8. The monoisotopic (exact) mass is 782 g/mol. The van der Waals surface area contributed by atoms with Crippen LogP contribution in [0.25, 0.3) is 0 Å². The highest BCUT2D eigenvalue weighted by Gasteiger charge is 2.71. The highest BCUT2D eigenvalue weighted by Crippen LogP contribution is 2.76. The Hall–Kier alpha value is -1.27. The van der Waals surface area contributed by atoms with Gasteiger partial charge >= 0.3 is 5.97 Å². The van der Waals surface area contributed by atoms with Crippen molar-refractivity contribution in [2.24, 2.45) is 50.2 Å². The fourth-order valence-corrected chi connectivity index (χ4v) is 13.5. The van der Waals surface area contributed by atoms with Crippen LogP contribution >= 0.6 is 0 Å². The maximum absolute atomic E-state index is 13.1. The normalized spacial score (nSPS) is 54.9. The van der Waals surface area contributed by atoms with Crippen LogP contribution in [-0.4, -0.2) is 139 Å². The molecule has 14 heteroatoms. The van der Waals surface area contributed by atoms with E-state index >= 15 is 0 Å². The second-order valence-corrected chi connectivity index (χ2v) is 20.2. The lowest BCUT2D eigenvalue weighted by molar-refractivity contribution is -0.369. The van der Waals surface area contributed by atoms with Crippen molar-refractivity contribution in [2.45, 2.75) is 167 Å². The van der Waals surface area contributed by atoms with Crippen molar-refractivity contribution in [1.29, 1.82) is 0 Å². The number of aliphatic hydroxyl groups is 8. The minimum Gasteiger partial charge on any atom is -0.481 e. The minimum atomic E-state index is -1.72. The first-order valence-electron chi connectivity index (χ1n) is 20.5. The fraction of sp³-hybridized carbons (Fsp3) is 0.927. The molecule has 0 amide bonds. The Labute approximate surface area is 323 Å². The van der Waals surface area contributed by atoms with E-state index in [1.165, 1.54) is 5.57 Å². The first-order chi connectivity index (χ1) is 25.6. The zero-order chi connectivity index (χ0) is 40.3. The first kappa shape index (κ1) is 41.9. The molecule has 9 N–H and O–H groups in total. The molecule has 2 heterocycles. The molecule has 0 aromatic carbocycles. The first-order valence-corrected chi connectivity index (χ1v) is 20.5. The number of allylic oxidation sites excluding steroid dienone is 2. The van der Waals surface area contributed by atoms with Gasteiger partial charge in [0.2, 0.25) is 0 Å². The third kappa shape index (κ3) is 6.13. The van der Waals surface area contributed by atoms with E-state index in [0.29, 0.717) is 19.3 Å². The van der Waals surface area contributed by atoms with Crippen molar-refractivity contribution in [2.75, 3.05) is 19.8 Å². The van der Waals surface area contributed by atoms with Gasteiger partial charge in [0, 0.05) is 5.41 Å². The highest BCUT2D eigenvalue weighted by molar-refractivity contribution is 5.76. The van der Waals surface area contributed by atoms with Crippen molar-refractivity contribution in [1.82, 2.24) is 0 Å². The van der Waals surface area contributed by atoms with E-state index < -0.39 is 96.3 Å². The van der Waals surface area contributed by atoms with Gasteiger partial charge in [-0.1, -0.05) is 53.2 Å². The Kier molecular flexibility index (Phi) is 10.8. The number of fused-ring (bicyclic) bond motifs is 7. The van der Waals surface area contributed by atoms with Crippen LogP contribution < -0.4 is 0 Å². The average Bonchev–Trinajstić information content (AvgIpc) is 3.12. The average molecular weight is 783 g/mol. The molecule has 0 aromatic rings. The summed E-state index contributed by atoms with van der Waals surface area (Å²) >= 11 is 0. The number of carboxylic acids is 1. The van der Waals surface area contributed by atoms with Crippen molar-refractivity contribution in [3.05, 3.63) is 11.6 Å². The Morgan fingerprint density at radius 1 is 0.800 bits per heavy atom. The summed E-state index contributed by atoms with van der Waals surface area (Å²) in [6.07, 6.45) is -7.24. The Bertz CT molecular complexity index is 1490. The predicted octanol–water partition coefficient (Wildman–Crippen LogP) is 1.46. The molecular formula is C41H66O14. The van der Waals surface area contributed by atoms with Crippen LogP contribution in [-0.2, 0) is 23.7 Å². The van der Waals surface area contributed by atoms with Crippen LogP contribution in [0.4, 0.5) is 0 Å². The molecule has 0 bridgehead atoms. The number of ether oxygens (including phenoxy) is 4. The van der Waals surface area contributed by atoms with Gasteiger partial charge in [0.15, 0.2) is 12.6 Å². The van der Waals surface area contributed by atoms with E-state index in [0.717, 1.165) is 38.5 Å². The topological polar surface area (TPSA) is 236 Å². The van der Waals surface area contributed by atoms with Crippen LogP contribution in [0.5, 0.6) is 0 Å². The largest absolute Gasteiger partial charge is 0.481 e. The predicted molar refractivity (Wildman–Crippen MR) is 195 cm³/mol. The third-order valence-corrected chi connectivity index (χ3v) is 17.0. The highest BCUT2D eigenvalue weighted by atomic mass is 16.7. The molecule has 0 spiro atoms. The lowest BCUT2D eigenvalue weighted by Gasteiger charge is -2.71. The standard InChI is InChI=1S/C41H66O14/c1-36(2)11-13-41(35(50)51)14-12-39(5)20(21(41)15-36)7-8-26-37(3)16-22(44)32(38(4,19-43)25(37)9-10-40(26,39)6)55-34-30(49)31(28(47)24(17-42)53-34)54-33-29(48)27(46)23(45)18-52-33/h7,21-34,42-49H,8-19H2,1-6H3,(H,50,51). The van der Waals surface area contributed by atoms with E-state index in [1.807, 2.05) is 6.92 Å². The van der Waals surface area contributed by atoms with Gasteiger partial charge in [0.05, 0.1) is 37.4 Å². The summed E-state index contributed by atoms with van der Waals surface area (Å²) in [7, 11) is 0. The maximum atomic E-state index is 13.1. The van der Waals surface area contributed by atoms with Gasteiger partial charge < -0.3 is 64.9 Å². The van der Waals surface area contributed by atoms with Crippen molar-refractivity contribution in [3.63, 3.8) is 0 Å². The van der Waals surface area contributed by atoms with Gasteiger partial charge in [-0.3, -0.25) is 4.79 Å². The fourth-order valence-electron chi connectivity index (χ4n) is 13.5. The van der Waals surface area contributed by atoms with Crippen molar-refractivity contribution >= 4 is 5.97 Å². The van der Waals surface area contributed by atoms with Crippen LogP contribution in [0, 0.1) is 50.2 Å². The van der Waals surface area contributed by atoms with Gasteiger partial charge in [0.1, 0.15) is 42.7 Å². The molecule has 14 nitrogen and oxygen atoms in total. The number of hydrogen-bond acceptors (Lipinski definition) is 13. The lowest BCUT2D eigenvalue weighted by atomic mass is 9.33. The van der Waals surface area contributed by atoms with E-state index in [-0.39, 0.29) is 47.2 Å². The molecule has 6 fully saturated rings. The van der Waals surface area contributed by atoms with Gasteiger partial charge in [-0.2, -0.15) is 0 Å². The number of carbonyl (C=O) groups is 1. The SMILES string of the molecule is CC1(C)CCC2(C(=O)O)CCC3(C)C(=CCC4C5(C)CC(O)C(OC6OC(CO)C(O)C(OC7OCC(O)C(O)C7O)C6O)C(C)(CO)C5CCC43C)C2C1. The smallest absolute Gasteiger partial charge is 0.310 e. The maximum Gasteiger partial charge on any atom is 0.310 e. The molecule has 314 valence electrons. The molecule has 2 aliphatic heterocycles. The second kappa shape index (κ2) is 14.2. The molecule has 19 unspecified atom stereocenters. The quantitative estimate of drug-likeness (QED) is 0.132. The number of carboxylic acid groups (broad SMARTS) is 1. The molecule has 55 heavy (non-hydrogen) atoms. The van der Waals surface area contributed by atoms with Crippen LogP contribution in [0.3, 0.4) is 0 Å². The summed E-state index contributed by atoms with van der Waals surface area (Å²) in [5.41, 5.74) is -1.33. The van der Waals surface area contributed by atoms with E-state index in [9.17, 15) is 50.8 Å². The molecule has 19 atom stereocenters. The Morgan fingerprint density at radius 2 is 1.49 bits per heavy atom. The van der Waals surface area contributed by atoms with E-state index in [1.54, 1.807) is 0 Å². The summed E-state index contributed by atoms with van der Waals surface area (Å²) < 4.78 is 23.4. The Morgan fingerprint density at radius 3 is 2.15 bits per heavy atom. The summed E-state index contributed by atoms with van der Waals surface area (Å²) in [5, 5.41) is 97.3. The molecule has 0 aromatic heterocycles. The molecule has 4 saturated carbocycles. The summed E-state index contributed by atoms with van der Waals surface area (Å²) in [4.78, 5) is 13.1. The van der Waals surface area contributed by atoms with Crippen LogP contribution in [0.1, 0.15) is 99.3 Å². The van der Waals surface area contributed by atoms with Crippen LogP contribution in [0.2, 0.25) is 0 Å². The van der Waals surface area contributed by atoms with Gasteiger partial charge in [-0.15, -0.1) is 0 Å². The summed E-state index contributed by atoms with van der Waals surface area (Å²) in [5.74, 6) is -0.728. The summed E-state index contributed by atoms with van der Waals surface area (Å²) in [6.45, 7) is 12.0. The molecule has 7 aliphatic rings. The van der Waals surface area contributed by atoms with Crippen LogP contribution in [0.15, 0.2) is 11.6 Å². The van der Waals surface area contributed by atoms with Gasteiger partial charge in [-0.05, 0) is 97.2 Å². The number of hydrogen-bond donors (Lipinski definition) is 9. The van der Waals surface area contributed by atoms with E-state index in [2.05, 4.69) is 40.7 Å². The molecular weight excluding hydrogens is 716 g/mol. The zero-order valence-electron chi connectivity index (χ0n) is 33.2. The van der Waals surface area contributed by atoms with Crippen molar-refractivity contribution in [3.8, 4) is 0 Å². The molecule has 5 aliphatic carbocycles. The molecule has 0 radical (unpaired) electrons. The number of rotatable bonds is 7. The van der Waals surface area contributed by atoms with Gasteiger partial charge in [0.25, 0.3) is 0 Å². The third-order valence-electron chi connectivity index (χ3n) is 17.0. The van der Waals surface area contributed by atoms with E-state index in [4.69, 9.17) is 18.9 Å². The zero-order valence-corrected chi connectivity index (χ0v) is 33.2. The minimum absolute atomic E-state index is 0.0335. The Balaban J connectivity index is 1.16. The van der Waals surface area contributed by atoms with Crippen molar-refractivity contribution < 1.29 is 69.7 Å². The molecule has 2 saturated heterocycles. The second-order valence-electron chi connectivity index (χ2n) is 20.2. The summed E-state index contributed by atoms with van der Waals surface area (Å²) in [6, 6.07) is 0. The molecule has 7 rings (SSSR count). The van der Waals surface area contributed by atoms with Gasteiger partial charge in [-0.25, -0.2) is 0 Å². The number of aliphatic carboxylic acids is 1. The lowest BCUT2D eigenvalue weighted by Crippen LogP contribution is -2.70.